The van der Waals surface area contributed by atoms with Crippen LogP contribution in [-0.2, 0) is 22.4 Å². The van der Waals surface area contributed by atoms with Gasteiger partial charge >= 0.3 is 22.4 Å². The van der Waals surface area contributed by atoms with Gasteiger partial charge in [-0.05, 0) is 0 Å². The fourth-order valence-corrected chi connectivity index (χ4v) is 0.916. The van der Waals surface area contributed by atoms with E-state index >= 15 is 0 Å². The molecule has 1 aliphatic rings. The van der Waals surface area contributed by atoms with Crippen molar-refractivity contribution in [1.29, 1.82) is 0 Å². The van der Waals surface area contributed by atoms with E-state index in [-0.39, 0.29) is 22.4 Å². The molecule has 0 N–H and O–H groups in total. The zero-order valence-corrected chi connectivity index (χ0v) is 9.25. The summed E-state index contributed by atoms with van der Waals surface area (Å²) in [6, 6.07) is 0. The van der Waals surface area contributed by atoms with E-state index in [1.54, 1.807) is 0 Å². The van der Waals surface area contributed by atoms with Crippen LogP contribution in [0.2, 0.25) is 0 Å². The molecule has 1 aliphatic carbocycles. The van der Waals surface area contributed by atoms with Gasteiger partial charge in [0.2, 0.25) is 0 Å². The maximum Gasteiger partial charge on any atom is 2.00 e. The molecule has 0 aromatic rings. The maximum absolute atomic E-state index is 3.77. The van der Waals surface area contributed by atoms with E-state index in [0.717, 1.165) is 12.8 Å². The Morgan fingerprint density at radius 3 is 2.40 bits per heavy atom. The van der Waals surface area contributed by atoms with Gasteiger partial charge in [-0.15, -0.1) is 18.1 Å². The summed E-state index contributed by atoms with van der Waals surface area (Å²) in [6.07, 6.45) is 13.0. The van der Waals surface area contributed by atoms with E-state index in [2.05, 4.69) is 37.6 Å². The molecule has 0 bridgehead atoms. The Morgan fingerprint density at radius 1 is 1.30 bits per heavy atom. The zero-order valence-electron chi connectivity index (χ0n) is 6.03. The zero-order chi connectivity index (χ0) is 6.53. The van der Waals surface area contributed by atoms with Crippen molar-refractivity contribution >= 4 is 0 Å². The topological polar surface area (TPSA) is 0 Å². The molecule has 0 saturated heterocycles. The first kappa shape index (κ1) is 10.2. The van der Waals surface area contributed by atoms with Gasteiger partial charge in [-0.25, -0.2) is 12.8 Å². The van der Waals surface area contributed by atoms with Crippen molar-refractivity contribution in [1.82, 2.24) is 0 Å². The molecule has 1 rings (SSSR count). The van der Waals surface area contributed by atoms with Crippen molar-refractivity contribution in [2.75, 3.05) is 0 Å². The number of allylic oxidation sites excluding steroid dienone is 4. The third kappa shape index (κ3) is 3.40. The molecule has 0 nitrogen and oxygen atoms in total. The predicted octanol–water partition coefficient (Wildman–Crippen LogP) is 2.54. The van der Waals surface area contributed by atoms with Crippen LogP contribution in [0.4, 0.5) is 0 Å². The van der Waals surface area contributed by atoms with Gasteiger partial charge in [0.05, 0.1) is 0 Å². The summed E-state index contributed by atoms with van der Waals surface area (Å²) in [5, 5.41) is 0. The minimum atomic E-state index is 0. The second-order valence-corrected chi connectivity index (χ2v) is 2.23. The fourth-order valence-electron chi connectivity index (χ4n) is 0.916. The van der Waals surface area contributed by atoms with Crippen LogP contribution in [0.5, 0.6) is 0 Å². The molecule has 0 amide bonds. The Balaban J connectivity index is 0.000000810. The van der Waals surface area contributed by atoms with Gasteiger partial charge in [-0.1, -0.05) is 12.2 Å². The molecule has 0 aliphatic heterocycles. The van der Waals surface area contributed by atoms with Gasteiger partial charge < -0.3 is 13.3 Å². The van der Waals surface area contributed by atoms with Crippen LogP contribution in [0, 0.1) is 19.3 Å². The largest absolute Gasteiger partial charge is 2.00 e. The van der Waals surface area contributed by atoms with E-state index in [1.807, 2.05) is 0 Å². The Labute approximate surface area is 78.9 Å². The molecule has 0 aromatic carbocycles. The molecule has 0 heterocycles. The quantitative estimate of drug-likeness (QED) is 0.703. The molecular formula is C9H12Ta. The second kappa shape index (κ2) is 5.96. The summed E-state index contributed by atoms with van der Waals surface area (Å²) in [4.78, 5) is 0. The monoisotopic (exact) mass is 301 g/mol. The summed E-state index contributed by atoms with van der Waals surface area (Å²) in [5.41, 5.74) is 0. The minimum Gasteiger partial charge on any atom is -0.346 e. The average molecular weight is 301 g/mol. The van der Waals surface area contributed by atoms with Crippen LogP contribution >= 0.6 is 0 Å². The molecule has 0 saturated carbocycles. The fraction of sp³-hybridized carbons (Fsp3) is 0.333. The molecule has 0 unspecified atom stereocenters. The van der Waals surface area contributed by atoms with Gasteiger partial charge in [0, 0.05) is 0 Å². The average Bonchev–Trinajstić information content (AvgIpc) is 2.34. The second-order valence-electron chi connectivity index (χ2n) is 2.23. The molecule has 0 atom stereocenters. The van der Waals surface area contributed by atoms with Gasteiger partial charge in [0.25, 0.3) is 0 Å². The van der Waals surface area contributed by atoms with Crippen LogP contribution in [0.15, 0.2) is 24.3 Å². The van der Waals surface area contributed by atoms with E-state index in [4.69, 9.17) is 0 Å². The van der Waals surface area contributed by atoms with Crippen molar-refractivity contribution < 1.29 is 22.4 Å². The van der Waals surface area contributed by atoms with Crippen molar-refractivity contribution in [3.05, 3.63) is 37.6 Å². The van der Waals surface area contributed by atoms with Crippen molar-refractivity contribution in [2.24, 2.45) is 5.92 Å². The smallest absolute Gasteiger partial charge is 0.346 e. The molecule has 0 fully saturated rings. The molecule has 0 aromatic heterocycles. The van der Waals surface area contributed by atoms with Gasteiger partial charge in [0.1, 0.15) is 0 Å². The van der Waals surface area contributed by atoms with Gasteiger partial charge in [0.15, 0.2) is 0 Å². The SMILES string of the molecule is [CH2-]CC[CH-]C1C=CC=C1.[Ta+2]. The normalized spacial score (nSPS) is 15.7. The first-order valence-corrected chi connectivity index (χ1v) is 3.41. The van der Waals surface area contributed by atoms with E-state index in [9.17, 15) is 0 Å². The van der Waals surface area contributed by atoms with E-state index < -0.39 is 0 Å². The van der Waals surface area contributed by atoms with Gasteiger partial charge in [-0.3, -0.25) is 0 Å². The molecule has 10 heavy (non-hydrogen) atoms. The predicted molar refractivity (Wildman–Crippen MR) is 40.7 cm³/mol. The Bertz CT molecular complexity index is 113. The number of unbranched alkanes of at least 4 members (excludes halogenated alkanes) is 1. The van der Waals surface area contributed by atoms with Gasteiger partial charge in [-0.2, -0.15) is 0 Å². The molecule has 0 spiro atoms. The summed E-state index contributed by atoms with van der Waals surface area (Å²) < 4.78 is 0. The van der Waals surface area contributed by atoms with Crippen LogP contribution in [0.3, 0.4) is 0 Å². The van der Waals surface area contributed by atoms with Crippen molar-refractivity contribution in [3.8, 4) is 0 Å². The first-order valence-electron chi connectivity index (χ1n) is 3.41. The molecule has 1 heteroatoms. The first-order chi connectivity index (χ1) is 4.43. The standard InChI is InChI=1S/C9H12.Ta/c1-2-3-6-9-7-4-5-8-9;/h4-9H,1-3H2;/q-2;+2. The van der Waals surface area contributed by atoms with E-state index in [1.165, 1.54) is 0 Å². The number of rotatable bonds is 3. The minimum absolute atomic E-state index is 0. The van der Waals surface area contributed by atoms with Crippen molar-refractivity contribution in [3.63, 3.8) is 0 Å². The Morgan fingerprint density at radius 2 is 1.90 bits per heavy atom. The maximum atomic E-state index is 3.77. The van der Waals surface area contributed by atoms with E-state index in [0.29, 0.717) is 5.92 Å². The number of hydrogen-bond acceptors (Lipinski definition) is 0. The summed E-state index contributed by atoms with van der Waals surface area (Å²) >= 11 is 0. The molecule has 53 valence electrons. The summed E-state index contributed by atoms with van der Waals surface area (Å²) in [7, 11) is 0. The Kier molecular flexibility index (Phi) is 6.10. The third-order valence-electron chi connectivity index (χ3n) is 1.42. The third-order valence-corrected chi connectivity index (χ3v) is 1.42. The van der Waals surface area contributed by atoms with Crippen LogP contribution < -0.4 is 0 Å². The Hall–Kier alpha value is 0.220. The molecular weight excluding hydrogens is 289 g/mol. The summed E-state index contributed by atoms with van der Waals surface area (Å²) in [5.74, 6) is 0.590. The molecule has 1 radical (unpaired) electrons. The van der Waals surface area contributed by atoms with Crippen molar-refractivity contribution in [2.45, 2.75) is 12.8 Å². The van der Waals surface area contributed by atoms with Crippen LogP contribution in [-0.4, -0.2) is 0 Å². The summed E-state index contributed by atoms with van der Waals surface area (Å²) in [6.45, 7) is 3.77. The number of hydrogen-bond donors (Lipinski definition) is 0. The van der Waals surface area contributed by atoms with Crippen LogP contribution in [0.25, 0.3) is 0 Å². The van der Waals surface area contributed by atoms with Crippen LogP contribution in [0.1, 0.15) is 12.8 Å².